The van der Waals surface area contributed by atoms with E-state index in [1.807, 2.05) is 5.10 Å². The minimum Gasteiger partial charge on any atom is -0.336 e. The molecule has 1 aliphatic heterocycles. The Hall–Kier alpha value is -2.09. The number of nitrogens with two attached hydrogens (primary N) is 1. The number of nitrogens with zero attached hydrogens (tertiary/aromatic N) is 2. The molecule has 1 atom stereocenters. The van der Waals surface area contributed by atoms with Crippen molar-refractivity contribution in [3.63, 3.8) is 0 Å². The van der Waals surface area contributed by atoms with Crippen LogP contribution in [0.25, 0.3) is 10.9 Å². The molecule has 1 amide bonds. The van der Waals surface area contributed by atoms with Crippen LogP contribution in [0.1, 0.15) is 28.9 Å². The average molecular weight is 324 g/mol. The maximum atomic E-state index is 13.0. The van der Waals surface area contributed by atoms with E-state index in [1.54, 1.807) is 4.90 Å². The average Bonchev–Trinajstić information content (AvgIpc) is 3.01. The second-order valence-electron chi connectivity index (χ2n) is 6.48. The van der Waals surface area contributed by atoms with Crippen LogP contribution in [0.3, 0.4) is 0 Å². The monoisotopic (exact) mass is 324 g/mol. The Morgan fingerprint density at radius 2 is 2.13 bits per heavy atom. The molecule has 1 spiro atoms. The molecule has 2 aliphatic rings. The second-order valence-corrected chi connectivity index (χ2v) is 6.48. The lowest BCUT2D eigenvalue weighted by atomic mass is 10.0. The van der Waals surface area contributed by atoms with Crippen molar-refractivity contribution in [1.82, 2.24) is 15.1 Å². The molecule has 0 radical (unpaired) electrons. The molecular formula is C15H15F3N4O. The number of amides is 1. The normalized spacial score (nSPS) is 23.0. The van der Waals surface area contributed by atoms with Gasteiger partial charge in [-0.1, -0.05) is 0 Å². The molecule has 4 rings (SSSR count). The summed E-state index contributed by atoms with van der Waals surface area (Å²) < 4.78 is 38.9. The summed E-state index contributed by atoms with van der Waals surface area (Å²) in [6.45, 7) is 1.04. The van der Waals surface area contributed by atoms with Crippen LogP contribution in [0, 0.1) is 5.41 Å². The van der Waals surface area contributed by atoms with Crippen LogP contribution in [-0.4, -0.2) is 40.1 Å². The summed E-state index contributed by atoms with van der Waals surface area (Å²) in [5, 5.41) is 5.55. The lowest BCUT2D eigenvalue weighted by Gasteiger charge is -2.16. The van der Waals surface area contributed by atoms with Gasteiger partial charge in [-0.15, -0.1) is 0 Å². The van der Waals surface area contributed by atoms with E-state index in [-0.39, 0.29) is 33.8 Å². The molecule has 1 aromatic carbocycles. The van der Waals surface area contributed by atoms with Crippen LogP contribution in [0.15, 0.2) is 18.2 Å². The number of likely N-dealkylation sites (tertiary alicyclic amines) is 1. The third-order valence-corrected chi connectivity index (χ3v) is 4.97. The fourth-order valence-electron chi connectivity index (χ4n) is 3.38. The molecule has 0 bridgehead atoms. The van der Waals surface area contributed by atoms with Crippen LogP contribution in [0.4, 0.5) is 13.2 Å². The van der Waals surface area contributed by atoms with E-state index in [0.717, 1.165) is 12.8 Å². The summed E-state index contributed by atoms with van der Waals surface area (Å²) in [4.78, 5) is 14.2. The second kappa shape index (κ2) is 4.47. The Morgan fingerprint density at radius 1 is 1.39 bits per heavy atom. The summed E-state index contributed by atoms with van der Waals surface area (Å²) in [5.74, 6) is -0.277. The molecule has 1 aromatic heterocycles. The molecule has 23 heavy (non-hydrogen) atoms. The number of carbonyl (C=O) groups is 1. The number of aromatic nitrogens is 2. The first-order chi connectivity index (χ1) is 10.8. The van der Waals surface area contributed by atoms with Gasteiger partial charge in [0.1, 0.15) is 5.69 Å². The molecule has 1 saturated carbocycles. The number of hydrogen-bond donors (Lipinski definition) is 2. The number of nitrogens with one attached hydrogen (secondary N) is 1. The molecule has 2 fully saturated rings. The van der Waals surface area contributed by atoms with Crippen molar-refractivity contribution >= 4 is 16.8 Å². The number of halogens is 3. The number of H-pyrrole nitrogens is 1. The maximum absolute atomic E-state index is 13.0. The Kier molecular flexibility index (Phi) is 2.82. The highest BCUT2D eigenvalue weighted by Crippen LogP contribution is 2.52. The Morgan fingerprint density at radius 3 is 2.74 bits per heavy atom. The summed E-state index contributed by atoms with van der Waals surface area (Å²) in [5.41, 5.74) is 5.60. The molecule has 1 saturated heterocycles. The highest BCUT2D eigenvalue weighted by molar-refractivity contribution is 5.98. The van der Waals surface area contributed by atoms with Gasteiger partial charge in [0.05, 0.1) is 5.52 Å². The topological polar surface area (TPSA) is 75.0 Å². The Labute approximate surface area is 129 Å². The van der Waals surface area contributed by atoms with Crippen LogP contribution in [0.5, 0.6) is 0 Å². The third-order valence-electron chi connectivity index (χ3n) is 4.97. The lowest BCUT2D eigenvalue weighted by Crippen LogP contribution is -2.32. The lowest BCUT2D eigenvalue weighted by molar-refractivity contribution is -0.139. The fraction of sp³-hybridized carbons (Fsp3) is 0.467. The number of alkyl halides is 3. The smallest absolute Gasteiger partial charge is 0.336 e. The highest BCUT2D eigenvalue weighted by Gasteiger charge is 2.54. The molecule has 5 nitrogen and oxygen atoms in total. The molecule has 3 N–H and O–H groups in total. The Balaban J connectivity index is 1.68. The van der Waals surface area contributed by atoms with Gasteiger partial charge in [-0.25, -0.2) is 0 Å². The van der Waals surface area contributed by atoms with E-state index in [0.29, 0.717) is 13.1 Å². The number of aromatic amines is 1. The summed E-state index contributed by atoms with van der Waals surface area (Å²) in [7, 11) is 0. The van der Waals surface area contributed by atoms with Gasteiger partial charge in [-0.05, 0) is 31.0 Å². The van der Waals surface area contributed by atoms with Gasteiger partial charge in [0, 0.05) is 35.5 Å². The van der Waals surface area contributed by atoms with Gasteiger partial charge >= 0.3 is 6.18 Å². The van der Waals surface area contributed by atoms with Gasteiger partial charge in [0.25, 0.3) is 5.91 Å². The minimum absolute atomic E-state index is 0.0343. The predicted molar refractivity (Wildman–Crippen MR) is 76.6 cm³/mol. The molecule has 1 unspecified atom stereocenters. The van der Waals surface area contributed by atoms with Crippen LogP contribution >= 0.6 is 0 Å². The van der Waals surface area contributed by atoms with Gasteiger partial charge in [0.2, 0.25) is 0 Å². The van der Waals surface area contributed by atoms with Crippen molar-refractivity contribution in [2.24, 2.45) is 11.1 Å². The summed E-state index contributed by atoms with van der Waals surface area (Å²) >= 11 is 0. The first-order valence-electron chi connectivity index (χ1n) is 7.40. The van der Waals surface area contributed by atoms with Crippen molar-refractivity contribution in [3.05, 3.63) is 29.5 Å². The predicted octanol–water partition coefficient (Wildman–Crippen LogP) is 2.14. The maximum Gasteiger partial charge on any atom is 0.433 e. The first-order valence-corrected chi connectivity index (χ1v) is 7.40. The van der Waals surface area contributed by atoms with Crippen molar-refractivity contribution in [1.29, 1.82) is 0 Å². The molecule has 8 heteroatoms. The molecule has 122 valence electrons. The van der Waals surface area contributed by atoms with Crippen molar-refractivity contribution < 1.29 is 18.0 Å². The van der Waals surface area contributed by atoms with E-state index in [9.17, 15) is 18.0 Å². The van der Waals surface area contributed by atoms with Gasteiger partial charge in [0.15, 0.2) is 0 Å². The number of rotatable bonds is 1. The number of hydrogen-bond acceptors (Lipinski definition) is 3. The minimum atomic E-state index is -4.54. The molecule has 1 aliphatic carbocycles. The highest BCUT2D eigenvalue weighted by atomic mass is 19.4. The van der Waals surface area contributed by atoms with Crippen LogP contribution in [0.2, 0.25) is 0 Å². The SMILES string of the molecule is NC1CN(C(=O)c2ccc3n[nH]c(C(F)(F)F)c3c2)CC12CC2. The number of carbonyl (C=O) groups excluding carboxylic acids is 1. The summed E-state index contributed by atoms with van der Waals surface area (Å²) in [6, 6.07) is 4.15. The zero-order valence-electron chi connectivity index (χ0n) is 12.2. The number of fused-ring (bicyclic) bond motifs is 1. The largest absolute Gasteiger partial charge is 0.433 e. The van der Waals surface area contributed by atoms with E-state index in [2.05, 4.69) is 5.10 Å². The Bertz CT molecular complexity index is 794. The standard InChI is InChI=1S/C15H15F3N4O/c16-15(17,18)12-9-5-8(1-2-10(9)20-21-12)13(23)22-6-11(19)14(7-22)3-4-14/h1-2,5,11H,3-4,6-7,19H2,(H,20,21). The zero-order chi connectivity index (χ0) is 16.4. The quantitative estimate of drug-likeness (QED) is 0.844. The third kappa shape index (κ3) is 2.20. The summed E-state index contributed by atoms with van der Waals surface area (Å²) in [6.07, 6.45) is -2.52. The van der Waals surface area contributed by atoms with Crippen LogP contribution in [-0.2, 0) is 6.18 Å². The van der Waals surface area contributed by atoms with E-state index in [1.165, 1.54) is 18.2 Å². The van der Waals surface area contributed by atoms with E-state index in [4.69, 9.17) is 5.73 Å². The van der Waals surface area contributed by atoms with Crippen molar-refractivity contribution in [2.75, 3.05) is 13.1 Å². The molecule has 2 aromatic rings. The van der Waals surface area contributed by atoms with Gasteiger partial charge in [-0.2, -0.15) is 18.3 Å². The van der Waals surface area contributed by atoms with E-state index >= 15 is 0 Å². The zero-order valence-corrected chi connectivity index (χ0v) is 12.2. The van der Waals surface area contributed by atoms with Gasteiger partial charge < -0.3 is 10.6 Å². The van der Waals surface area contributed by atoms with E-state index < -0.39 is 11.9 Å². The molecule has 2 heterocycles. The number of benzene rings is 1. The molecular weight excluding hydrogens is 309 g/mol. The van der Waals surface area contributed by atoms with Crippen molar-refractivity contribution in [2.45, 2.75) is 25.1 Å². The fourth-order valence-corrected chi connectivity index (χ4v) is 3.38. The van der Waals surface area contributed by atoms with Gasteiger partial charge in [-0.3, -0.25) is 9.89 Å². The van der Waals surface area contributed by atoms with Crippen LogP contribution < -0.4 is 5.73 Å². The first kappa shape index (κ1) is 14.5. The van der Waals surface area contributed by atoms with Crippen molar-refractivity contribution in [3.8, 4) is 0 Å².